The van der Waals surface area contributed by atoms with Gasteiger partial charge in [0.15, 0.2) is 5.83 Å². The number of rotatable bonds is 7. The molecule has 6 rings (SSSR count). The molecule has 0 N–H and O–H groups in total. The van der Waals surface area contributed by atoms with Crippen LogP contribution in [0.5, 0.6) is 6.01 Å². The predicted molar refractivity (Wildman–Crippen MR) is 162 cm³/mol. The first-order chi connectivity index (χ1) is 20.9. The number of anilines is 2. The number of amides is 1. The zero-order chi connectivity index (χ0) is 29.9. The predicted octanol–water partition coefficient (Wildman–Crippen LogP) is 4.89. The van der Waals surface area contributed by atoms with Gasteiger partial charge >= 0.3 is 6.01 Å². The lowest BCUT2D eigenvalue weighted by molar-refractivity contribution is -0.131. The number of nitrogens with zero attached hydrogens (tertiary/aromatic N) is 7. The molecule has 1 unspecified atom stereocenters. The van der Waals surface area contributed by atoms with Crippen molar-refractivity contribution in [2.45, 2.75) is 39.0 Å². The van der Waals surface area contributed by atoms with E-state index in [1.807, 2.05) is 18.2 Å². The number of pyridine rings is 1. The van der Waals surface area contributed by atoms with Gasteiger partial charge in [-0.25, -0.2) is 4.39 Å². The third kappa shape index (κ3) is 5.71. The number of carbonyl (C=O) groups excluding carboxylic acids is 1. The lowest BCUT2D eigenvalue weighted by Crippen LogP contribution is -2.55. The van der Waals surface area contributed by atoms with Crippen molar-refractivity contribution in [2.24, 2.45) is 0 Å². The fourth-order valence-corrected chi connectivity index (χ4v) is 6.06. The molecule has 0 bridgehead atoms. The number of ether oxygens (including phenoxy) is 1. The zero-order valence-electron chi connectivity index (χ0n) is 24.0. The molecule has 0 radical (unpaired) electrons. The summed E-state index contributed by atoms with van der Waals surface area (Å²) in [6, 6.07) is 20.2. The normalized spacial score (nSPS) is 16.5. The van der Waals surface area contributed by atoms with Gasteiger partial charge in [-0.15, -0.1) is 0 Å². The van der Waals surface area contributed by atoms with Crippen LogP contribution in [0.15, 0.2) is 73.2 Å². The van der Waals surface area contributed by atoms with Crippen LogP contribution >= 0.6 is 0 Å². The monoisotopic (exact) mass is 577 g/mol. The summed E-state index contributed by atoms with van der Waals surface area (Å²) in [5, 5.41) is 11.9. The van der Waals surface area contributed by atoms with Gasteiger partial charge < -0.3 is 19.4 Å². The maximum atomic E-state index is 13.8. The number of hydrogen-bond acceptors (Lipinski definition) is 8. The van der Waals surface area contributed by atoms with Crippen molar-refractivity contribution in [3.8, 4) is 12.1 Å². The van der Waals surface area contributed by atoms with Gasteiger partial charge in [0.05, 0.1) is 36.5 Å². The Bertz CT molecular complexity index is 1720. The summed E-state index contributed by atoms with van der Waals surface area (Å²) in [4.78, 5) is 32.4. The summed E-state index contributed by atoms with van der Waals surface area (Å²) in [6.45, 7) is 7.87. The Morgan fingerprint density at radius 2 is 1.93 bits per heavy atom. The fourth-order valence-electron chi connectivity index (χ4n) is 6.06. The minimum atomic E-state index is -1.02. The van der Waals surface area contributed by atoms with E-state index in [2.05, 4.69) is 70.8 Å². The molecule has 218 valence electrons. The molecule has 0 aliphatic carbocycles. The number of halogens is 1. The first-order valence-corrected chi connectivity index (χ1v) is 14.4. The molecular weight excluding hydrogens is 545 g/mol. The lowest BCUT2D eigenvalue weighted by Gasteiger charge is -2.42. The Morgan fingerprint density at radius 1 is 1.09 bits per heavy atom. The van der Waals surface area contributed by atoms with Crippen LogP contribution in [0, 0.1) is 18.3 Å². The largest absolute Gasteiger partial charge is 0.457 e. The minimum absolute atomic E-state index is 0.0695. The van der Waals surface area contributed by atoms with Crippen molar-refractivity contribution >= 4 is 28.2 Å². The number of hydrogen-bond donors (Lipinski definition) is 0. The minimum Gasteiger partial charge on any atom is -0.457 e. The average molecular weight is 578 g/mol. The van der Waals surface area contributed by atoms with Gasteiger partial charge in [-0.2, -0.15) is 15.2 Å². The highest BCUT2D eigenvalue weighted by Crippen LogP contribution is 2.36. The molecule has 0 saturated carbocycles. The maximum Gasteiger partial charge on any atom is 0.319 e. The van der Waals surface area contributed by atoms with E-state index in [0.717, 1.165) is 35.0 Å². The first-order valence-electron chi connectivity index (χ1n) is 14.4. The molecule has 1 amide bonds. The molecule has 1 saturated heterocycles. The summed E-state index contributed by atoms with van der Waals surface area (Å²) in [5.41, 5.74) is 5.01. The van der Waals surface area contributed by atoms with Crippen LogP contribution < -0.4 is 14.5 Å². The van der Waals surface area contributed by atoms with Gasteiger partial charge in [0.2, 0.25) is 0 Å². The second-order valence-corrected chi connectivity index (χ2v) is 10.9. The zero-order valence-corrected chi connectivity index (χ0v) is 24.0. The van der Waals surface area contributed by atoms with Gasteiger partial charge in [-0.3, -0.25) is 9.78 Å². The Hall–Kier alpha value is -5.04. The Balaban J connectivity index is 1.35. The number of nitriles is 1. The molecule has 10 heteroatoms. The highest BCUT2D eigenvalue weighted by molar-refractivity contribution is 5.97. The van der Waals surface area contributed by atoms with E-state index in [1.54, 1.807) is 6.20 Å². The van der Waals surface area contributed by atoms with Crippen molar-refractivity contribution in [2.75, 3.05) is 36.0 Å². The molecule has 1 fully saturated rings. The smallest absolute Gasteiger partial charge is 0.319 e. The Labute approximate surface area is 249 Å². The molecule has 2 aliphatic heterocycles. The molecule has 1 atom stereocenters. The standard InChI is InChI=1S/C33H32FN7O2/c1-22-7-5-8-24-9-6-11-29(30(22)24)39-16-13-27-28(20-39)37-33(43-21-25-10-3-4-15-36-25)38-31(27)40-17-18-41(32(42)23(2)34)26(19-40)12-14-35/h3-11,15,26H,2,12-13,16-21H2,1H3. The fraction of sp³-hybridized carbons (Fsp3) is 0.303. The second-order valence-electron chi connectivity index (χ2n) is 10.9. The quantitative estimate of drug-likeness (QED) is 0.287. The third-order valence-electron chi connectivity index (χ3n) is 8.13. The number of aromatic nitrogens is 3. The highest BCUT2D eigenvalue weighted by Gasteiger charge is 2.35. The molecule has 43 heavy (non-hydrogen) atoms. The summed E-state index contributed by atoms with van der Waals surface area (Å²) < 4.78 is 19.9. The SMILES string of the molecule is C=C(F)C(=O)N1CCN(c2nc(OCc3ccccn3)nc3c2CCN(c2cccc4cccc(C)c24)C3)CC1CC#N. The van der Waals surface area contributed by atoms with Crippen molar-refractivity contribution in [1.29, 1.82) is 5.26 Å². The number of fused-ring (bicyclic) bond motifs is 2. The van der Waals surface area contributed by atoms with Crippen LogP contribution in [-0.4, -0.2) is 58.0 Å². The van der Waals surface area contributed by atoms with Crippen molar-refractivity contribution in [3.05, 3.63) is 95.7 Å². The molecule has 2 aromatic carbocycles. The maximum absolute atomic E-state index is 13.8. The molecule has 9 nitrogen and oxygen atoms in total. The summed E-state index contributed by atoms with van der Waals surface area (Å²) in [6.07, 6.45) is 2.49. The highest BCUT2D eigenvalue weighted by atomic mass is 19.1. The number of piperazine rings is 1. The van der Waals surface area contributed by atoms with Gasteiger partial charge in [0.25, 0.3) is 5.91 Å². The van der Waals surface area contributed by atoms with Crippen LogP contribution in [0.25, 0.3) is 10.8 Å². The van der Waals surface area contributed by atoms with Crippen LogP contribution in [0.2, 0.25) is 0 Å². The molecular formula is C33H32FN7O2. The van der Waals surface area contributed by atoms with Crippen LogP contribution in [0.1, 0.15) is 28.9 Å². The van der Waals surface area contributed by atoms with Crippen molar-refractivity contribution in [1.82, 2.24) is 19.9 Å². The van der Waals surface area contributed by atoms with Crippen molar-refractivity contribution in [3.63, 3.8) is 0 Å². The van der Waals surface area contributed by atoms with Crippen molar-refractivity contribution < 1.29 is 13.9 Å². The number of carbonyl (C=O) groups is 1. The topological polar surface area (TPSA) is 98.5 Å². The first kappa shape index (κ1) is 28.1. The Kier molecular flexibility index (Phi) is 7.88. The van der Waals surface area contributed by atoms with Crippen LogP contribution in [0.3, 0.4) is 0 Å². The third-order valence-corrected chi connectivity index (χ3v) is 8.13. The van der Waals surface area contributed by atoms with Crippen LogP contribution in [0.4, 0.5) is 15.9 Å². The van der Waals surface area contributed by atoms with Gasteiger partial charge in [-0.1, -0.05) is 43.0 Å². The van der Waals surface area contributed by atoms with E-state index >= 15 is 0 Å². The van der Waals surface area contributed by atoms with Crippen LogP contribution in [-0.2, 0) is 24.4 Å². The summed E-state index contributed by atoms with van der Waals surface area (Å²) >= 11 is 0. The molecule has 2 aliphatic rings. The number of aryl methyl sites for hydroxylation is 1. The Morgan fingerprint density at radius 3 is 2.70 bits per heavy atom. The lowest BCUT2D eigenvalue weighted by atomic mass is 9.99. The average Bonchev–Trinajstić information content (AvgIpc) is 3.03. The van der Waals surface area contributed by atoms with E-state index in [9.17, 15) is 14.4 Å². The molecule has 0 spiro atoms. The molecule has 2 aromatic heterocycles. The van der Waals surface area contributed by atoms with E-state index in [1.165, 1.54) is 21.2 Å². The molecule has 4 heterocycles. The summed E-state index contributed by atoms with van der Waals surface area (Å²) in [7, 11) is 0. The summed E-state index contributed by atoms with van der Waals surface area (Å²) in [5.74, 6) is -1.07. The van der Waals surface area contributed by atoms with Gasteiger partial charge in [0, 0.05) is 49.0 Å². The van der Waals surface area contributed by atoms with E-state index in [-0.39, 0.29) is 25.6 Å². The number of benzene rings is 2. The van der Waals surface area contributed by atoms with E-state index in [4.69, 9.17) is 14.7 Å². The van der Waals surface area contributed by atoms with Gasteiger partial charge in [-0.05, 0) is 42.5 Å². The van der Waals surface area contributed by atoms with Gasteiger partial charge in [0.1, 0.15) is 12.4 Å². The second kappa shape index (κ2) is 12.1. The van der Waals surface area contributed by atoms with E-state index < -0.39 is 17.8 Å². The van der Waals surface area contributed by atoms with E-state index in [0.29, 0.717) is 26.1 Å². The molecule has 4 aromatic rings.